The maximum absolute atomic E-state index is 13.5. The number of nitrogens with one attached hydrogen (secondary N) is 2. The van der Waals surface area contributed by atoms with Gasteiger partial charge in [0, 0.05) is 16.1 Å². The number of halogens is 2. The number of hydrogen-bond acceptors (Lipinski definition) is 3. The molecule has 4 nitrogen and oxygen atoms in total. The molecule has 3 rings (SSSR count). The predicted octanol–water partition coefficient (Wildman–Crippen LogP) is 5.54. The molecular weight excluding hydrogens is 373 g/mol. The highest BCUT2D eigenvalue weighted by Gasteiger charge is 2.13. The number of nitrogens with zero attached hydrogens (tertiary/aromatic N) is 1. The molecule has 0 atom stereocenters. The van der Waals surface area contributed by atoms with Crippen LogP contribution in [0.4, 0.5) is 14.9 Å². The first kappa shape index (κ1) is 18.4. The summed E-state index contributed by atoms with van der Waals surface area (Å²) in [5.74, 6) is -0.356. The standard InChI is InChI=1S/C19H17ClFN3OS/c1-11-7-8-13(9-16(11)21)24-19(25)22-10-17-12(2)23-18(26-17)14-5-3-4-6-15(14)20/h3-9H,10H2,1-2H3,(H2,22,24,25). The molecule has 0 unspecified atom stereocenters. The number of aromatic nitrogens is 1. The van der Waals surface area contributed by atoms with Gasteiger partial charge in [0.25, 0.3) is 0 Å². The van der Waals surface area contributed by atoms with Crippen LogP contribution in [0.1, 0.15) is 16.1 Å². The van der Waals surface area contributed by atoms with Crippen molar-refractivity contribution in [1.29, 1.82) is 0 Å². The maximum atomic E-state index is 13.5. The highest BCUT2D eigenvalue weighted by atomic mass is 35.5. The van der Waals surface area contributed by atoms with Crippen LogP contribution in [0.15, 0.2) is 42.5 Å². The van der Waals surface area contributed by atoms with Crippen LogP contribution in [0.25, 0.3) is 10.6 Å². The minimum Gasteiger partial charge on any atom is -0.333 e. The number of hydrogen-bond donors (Lipinski definition) is 2. The van der Waals surface area contributed by atoms with Gasteiger partial charge in [0.15, 0.2) is 0 Å². The van der Waals surface area contributed by atoms with E-state index in [1.165, 1.54) is 17.4 Å². The fraction of sp³-hybridized carbons (Fsp3) is 0.158. The van der Waals surface area contributed by atoms with Crippen LogP contribution in [0.3, 0.4) is 0 Å². The molecule has 3 aromatic rings. The molecule has 0 fully saturated rings. The van der Waals surface area contributed by atoms with E-state index in [1.54, 1.807) is 19.1 Å². The molecule has 0 radical (unpaired) electrons. The number of carbonyl (C=O) groups excluding carboxylic acids is 1. The number of aryl methyl sites for hydroxylation is 2. The normalized spacial score (nSPS) is 10.6. The molecule has 0 saturated heterocycles. The molecule has 0 aliphatic heterocycles. The minimum atomic E-state index is -0.402. The van der Waals surface area contributed by atoms with E-state index >= 15 is 0 Å². The van der Waals surface area contributed by atoms with E-state index < -0.39 is 6.03 Å². The van der Waals surface area contributed by atoms with Crippen molar-refractivity contribution in [2.75, 3.05) is 5.32 Å². The number of amides is 2. The van der Waals surface area contributed by atoms with Gasteiger partial charge in [-0.1, -0.05) is 35.9 Å². The van der Waals surface area contributed by atoms with E-state index in [0.29, 0.717) is 22.8 Å². The third-order valence-electron chi connectivity index (χ3n) is 3.84. The Labute approximate surface area is 160 Å². The zero-order valence-corrected chi connectivity index (χ0v) is 15.8. The van der Waals surface area contributed by atoms with Crippen molar-refractivity contribution >= 4 is 34.7 Å². The second-order valence-corrected chi connectivity index (χ2v) is 7.27. The van der Waals surface area contributed by atoms with Crippen molar-refractivity contribution < 1.29 is 9.18 Å². The smallest absolute Gasteiger partial charge is 0.319 e. The van der Waals surface area contributed by atoms with E-state index in [9.17, 15) is 9.18 Å². The third kappa shape index (κ3) is 4.20. The third-order valence-corrected chi connectivity index (χ3v) is 5.36. The van der Waals surface area contributed by atoms with E-state index in [1.807, 2.05) is 31.2 Å². The van der Waals surface area contributed by atoms with Crippen molar-refractivity contribution in [3.63, 3.8) is 0 Å². The Morgan fingerprint density at radius 1 is 1.23 bits per heavy atom. The molecule has 134 valence electrons. The van der Waals surface area contributed by atoms with E-state index in [0.717, 1.165) is 21.1 Å². The summed E-state index contributed by atoms with van der Waals surface area (Å²) in [5.41, 5.74) is 2.64. The molecule has 2 amide bonds. The molecule has 1 aromatic heterocycles. The summed E-state index contributed by atoms with van der Waals surface area (Å²) in [6.07, 6.45) is 0. The van der Waals surface area contributed by atoms with Crippen LogP contribution in [-0.2, 0) is 6.54 Å². The van der Waals surface area contributed by atoms with Gasteiger partial charge in [-0.05, 0) is 37.6 Å². The average Bonchev–Trinajstić information content (AvgIpc) is 2.97. The number of urea groups is 1. The summed E-state index contributed by atoms with van der Waals surface area (Å²) in [5, 5.41) is 6.84. The fourth-order valence-corrected chi connectivity index (χ4v) is 3.67. The molecular formula is C19H17ClFN3OS. The first-order valence-corrected chi connectivity index (χ1v) is 9.15. The molecule has 0 bridgehead atoms. The quantitative estimate of drug-likeness (QED) is 0.615. The van der Waals surface area contributed by atoms with E-state index in [2.05, 4.69) is 15.6 Å². The van der Waals surface area contributed by atoms with Gasteiger partial charge >= 0.3 is 6.03 Å². The second kappa shape index (κ2) is 7.85. The van der Waals surface area contributed by atoms with Crippen LogP contribution < -0.4 is 10.6 Å². The van der Waals surface area contributed by atoms with Crippen molar-refractivity contribution in [1.82, 2.24) is 10.3 Å². The molecule has 2 aromatic carbocycles. The van der Waals surface area contributed by atoms with Crippen molar-refractivity contribution in [2.24, 2.45) is 0 Å². The van der Waals surface area contributed by atoms with Crippen molar-refractivity contribution in [3.05, 3.63) is 69.4 Å². The molecule has 26 heavy (non-hydrogen) atoms. The molecule has 0 aliphatic carbocycles. The lowest BCUT2D eigenvalue weighted by Crippen LogP contribution is -2.28. The number of carbonyl (C=O) groups is 1. The SMILES string of the molecule is Cc1ccc(NC(=O)NCc2sc(-c3ccccc3Cl)nc2C)cc1F. The minimum absolute atomic E-state index is 0.328. The van der Waals surface area contributed by atoms with Gasteiger partial charge in [-0.15, -0.1) is 11.3 Å². The molecule has 2 N–H and O–H groups in total. The van der Waals surface area contributed by atoms with Gasteiger partial charge in [-0.25, -0.2) is 14.2 Å². The number of benzene rings is 2. The van der Waals surface area contributed by atoms with Crippen LogP contribution >= 0.6 is 22.9 Å². The summed E-state index contributed by atoms with van der Waals surface area (Å²) in [6.45, 7) is 3.89. The highest BCUT2D eigenvalue weighted by molar-refractivity contribution is 7.15. The van der Waals surface area contributed by atoms with Crippen molar-refractivity contribution in [2.45, 2.75) is 20.4 Å². The Bertz CT molecular complexity index is 958. The first-order valence-electron chi connectivity index (χ1n) is 7.96. The first-order chi connectivity index (χ1) is 12.4. The second-order valence-electron chi connectivity index (χ2n) is 5.78. The Morgan fingerprint density at radius 2 is 2.00 bits per heavy atom. The Morgan fingerprint density at radius 3 is 2.73 bits per heavy atom. The van der Waals surface area contributed by atoms with Gasteiger partial charge < -0.3 is 10.6 Å². The number of anilines is 1. The van der Waals surface area contributed by atoms with Crippen molar-refractivity contribution in [3.8, 4) is 10.6 Å². The summed E-state index contributed by atoms with van der Waals surface area (Å²) < 4.78 is 13.5. The average molecular weight is 390 g/mol. The summed E-state index contributed by atoms with van der Waals surface area (Å²) >= 11 is 7.70. The summed E-state index contributed by atoms with van der Waals surface area (Å²) in [6, 6.07) is 11.7. The monoisotopic (exact) mass is 389 g/mol. The van der Waals surface area contributed by atoms with Gasteiger partial charge in [-0.2, -0.15) is 0 Å². The van der Waals surface area contributed by atoms with Gasteiger partial charge in [0.05, 0.1) is 17.3 Å². The lowest BCUT2D eigenvalue weighted by molar-refractivity contribution is 0.252. The molecule has 0 spiro atoms. The summed E-state index contributed by atoms with van der Waals surface area (Å²) in [7, 11) is 0. The van der Waals surface area contributed by atoms with E-state index in [4.69, 9.17) is 11.6 Å². The number of thiazole rings is 1. The number of rotatable bonds is 4. The van der Waals surface area contributed by atoms with Crippen LogP contribution in [-0.4, -0.2) is 11.0 Å². The zero-order valence-electron chi connectivity index (χ0n) is 14.3. The van der Waals surface area contributed by atoms with Crippen LogP contribution in [0.5, 0.6) is 0 Å². The molecule has 7 heteroatoms. The zero-order chi connectivity index (χ0) is 18.7. The maximum Gasteiger partial charge on any atom is 0.319 e. The fourth-order valence-electron chi connectivity index (χ4n) is 2.35. The Balaban J connectivity index is 1.65. The highest BCUT2D eigenvalue weighted by Crippen LogP contribution is 2.32. The van der Waals surface area contributed by atoms with Crippen LogP contribution in [0.2, 0.25) is 5.02 Å². The summed E-state index contributed by atoms with van der Waals surface area (Å²) in [4.78, 5) is 17.5. The molecule has 0 saturated carbocycles. The van der Waals surface area contributed by atoms with Crippen LogP contribution in [0, 0.1) is 19.7 Å². The van der Waals surface area contributed by atoms with E-state index in [-0.39, 0.29) is 5.82 Å². The predicted molar refractivity (Wildman–Crippen MR) is 104 cm³/mol. The Kier molecular flexibility index (Phi) is 5.54. The Hall–Kier alpha value is -2.44. The lowest BCUT2D eigenvalue weighted by atomic mass is 10.2. The lowest BCUT2D eigenvalue weighted by Gasteiger charge is -2.08. The van der Waals surface area contributed by atoms with Gasteiger partial charge in [0.1, 0.15) is 10.8 Å². The molecule has 0 aliphatic rings. The molecule has 1 heterocycles. The van der Waals surface area contributed by atoms with Gasteiger partial charge in [0.2, 0.25) is 0 Å². The van der Waals surface area contributed by atoms with Gasteiger partial charge in [-0.3, -0.25) is 0 Å². The largest absolute Gasteiger partial charge is 0.333 e. The topological polar surface area (TPSA) is 54.0 Å².